The first kappa shape index (κ1) is 19.6. The average molecular weight is 390 g/mol. The summed E-state index contributed by atoms with van der Waals surface area (Å²) in [6.45, 7) is 3.79. The Kier molecular flexibility index (Phi) is 5.48. The number of carbonyl (C=O) groups excluding carboxylic acids is 2. The molecule has 1 fully saturated rings. The molecule has 0 unspecified atom stereocenters. The van der Waals surface area contributed by atoms with Crippen molar-refractivity contribution in [2.75, 3.05) is 19.8 Å². The van der Waals surface area contributed by atoms with Gasteiger partial charge < -0.3 is 14.8 Å². The van der Waals surface area contributed by atoms with Crippen molar-refractivity contribution in [2.45, 2.75) is 19.4 Å². The second kappa shape index (κ2) is 7.84. The molecule has 1 heterocycles. The third-order valence-electron chi connectivity index (χ3n) is 4.46. The van der Waals surface area contributed by atoms with Crippen LogP contribution in [0, 0.1) is 11.6 Å². The van der Waals surface area contributed by atoms with E-state index in [0.717, 1.165) is 23.1 Å². The predicted octanol–water partition coefficient (Wildman–Crippen LogP) is 3.21. The van der Waals surface area contributed by atoms with Crippen molar-refractivity contribution in [2.24, 2.45) is 0 Å². The zero-order valence-corrected chi connectivity index (χ0v) is 15.5. The number of rotatable bonds is 7. The largest absolute Gasteiger partial charge is 0.494 e. The molecule has 1 N–H and O–H groups in total. The zero-order chi connectivity index (χ0) is 20.3. The number of hydrogen-bond donors (Lipinski definition) is 1. The minimum atomic E-state index is -1.68. The Morgan fingerprint density at radius 3 is 2.32 bits per heavy atom. The second-order valence-corrected chi connectivity index (χ2v) is 6.39. The lowest BCUT2D eigenvalue weighted by molar-refractivity contribution is -0.131. The minimum absolute atomic E-state index is 0.0373. The molecule has 0 radical (unpaired) electrons. The van der Waals surface area contributed by atoms with Gasteiger partial charge in [-0.05, 0) is 56.3 Å². The quantitative estimate of drug-likeness (QED) is 0.738. The molecule has 0 saturated carbocycles. The summed E-state index contributed by atoms with van der Waals surface area (Å²) in [5.41, 5.74) is -1.90. The van der Waals surface area contributed by atoms with E-state index in [1.54, 1.807) is 24.3 Å². The molecule has 1 atom stereocenters. The molecule has 2 aromatic rings. The maximum atomic E-state index is 14.1. The monoisotopic (exact) mass is 390 g/mol. The number of imide groups is 1. The molecule has 1 aliphatic heterocycles. The van der Waals surface area contributed by atoms with Crippen LogP contribution >= 0.6 is 0 Å². The van der Waals surface area contributed by atoms with Crippen molar-refractivity contribution in [3.63, 3.8) is 0 Å². The van der Waals surface area contributed by atoms with E-state index >= 15 is 0 Å². The molecule has 0 bridgehead atoms. The van der Waals surface area contributed by atoms with Gasteiger partial charge in [0.2, 0.25) is 0 Å². The first-order chi connectivity index (χ1) is 13.3. The smallest absolute Gasteiger partial charge is 0.325 e. The van der Waals surface area contributed by atoms with E-state index in [9.17, 15) is 18.4 Å². The number of halogens is 2. The molecule has 0 spiro atoms. The molecule has 0 aliphatic carbocycles. The third-order valence-corrected chi connectivity index (χ3v) is 4.46. The van der Waals surface area contributed by atoms with Gasteiger partial charge >= 0.3 is 6.03 Å². The molecule has 2 aromatic carbocycles. The zero-order valence-electron chi connectivity index (χ0n) is 15.5. The van der Waals surface area contributed by atoms with Gasteiger partial charge in [-0.2, -0.15) is 0 Å². The van der Waals surface area contributed by atoms with Crippen molar-refractivity contribution in [1.29, 1.82) is 0 Å². The molecule has 8 heteroatoms. The summed E-state index contributed by atoms with van der Waals surface area (Å²) in [4.78, 5) is 25.9. The summed E-state index contributed by atoms with van der Waals surface area (Å²) in [5.74, 6) is -0.884. The van der Waals surface area contributed by atoms with Crippen LogP contribution in [0.1, 0.15) is 19.4 Å². The molecular formula is C20H20F2N2O4. The van der Waals surface area contributed by atoms with Crippen LogP contribution in [-0.2, 0) is 10.3 Å². The summed E-state index contributed by atoms with van der Waals surface area (Å²) < 4.78 is 38.5. The fourth-order valence-electron chi connectivity index (χ4n) is 3.02. The first-order valence-electron chi connectivity index (χ1n) is 8.80. The van der Waals surface area contributed by atoms with Crippen LogP contribution in [0.2, 0.25) is 0 Å². The van der Waals surface area contributed by atoms with E-state index in [2.05, 4.69) is 5.32 Å². The van der Waals surface area contributed by atoms with Crippen molar-refractivity contribution < 1.29 is 27.8 Å². The summed E-state index contributed by atoms with van der Waals surface area (Å²) in [6, 6.07) is 9.01. The van der Waals surface area contributed by atoms with Gasteiger partial charge in [-0.1, -0.05) is 0 Å². The Morgan fingerprint density at radius 1 is 1.04 bits per heavy atom. The number of benzene rings is 2. The third kappa shape index (κ3) is 3.76. The molecule has 0 aromatic heterocycles. The fourth-order valence-corrected chi connectivity index (χ4v) is 3.02. The van der Waals surface area contributed by atoms with Crippen LogP contribution in [0.25, 0.3) is 0 Å². The number of urea groups is 1. The highest BCUT2D eigenvalue weighted by molar-refractivity contribution is 6.07. The lowest BCUT2D eigenvalue weighted by atomic mass is 9.91. The summed E-state index contributed by atoms with van der Waals surface area (Å²) in [5, 5.41) is 2.44. The van der Waals surface area contributed by atoms with Crippen LogP contribution in [0.5, 0.6) is 11.5 Å². The topological polar surface area (TPSA) is 67.9 Å². The highest BCUT2D eigenvalue weighted by atomic mass is 19.1. The molecule has 3 rings (SSSR count). The van der Waals surface area contributed by atoms with E-state index in [-0.39, 0.29) is 18.7 Å². The molecule has 1 saturated heterocycles. The average Bonchev–Trinajstić information content (AvgIpc) is 2.89. The predicted molar refractivity (Wildman–Crippen MR) is 97.1 cm³/mol. The number of amides is 3. The SMILES string of the molecule is CCOc1ccc(OCCN2C(=O)N[C@](C)(c3cc(F)ccc3F)C2=O)cc1. The number of ether oxygens (including phenoxy) is 2. The minimum Gasteiger partial charge on any atom is -0.494 e. The van der Waals surface area contributed by atoms with Gasteiger partial charge in [-0.15, -0.1) is 0 Å². The summed E-state index contributed by atoms with van der Waals surface area (Å²) in [6.07, 6.45) is 0. The Hall–Kier alpha value is -3.16. The van der Waals surface area contributed by atoms with E-state index < -0.39 is 29.1 Å². The maximum Gasteiger partial charge on any atom is 0.325 e. The van der Waals surface area contributed by atoms with Gasteiger partial charge in [0.25, 0.3) is 5.91 Å². The van der Waals surface area contributed by atoms with Crippen molar-refractivity contribution in [3.8, 4) is 11.5 Å². The molecule has 6 nitrogen and oxygen atoms in total. The molecule has 28 heavy (non-hydrogen) atoms. The van der Waals surface area contributed by atoms with Crippen LogP contribution in [0.3, 0.4) is 0 Å². The molecule has 148 valence electrons. The van der Waals surface area contributed by atoms with Gasteiger partial charge in [-0.25, -0.2) is 13.6 Å². The Morgan fingerprint density at radius 2 is 1.68 bits per heavy atom. The number of hydrogen-bond acceptors (Lipinski definition) is 4. The molecular weight excluding hydrogens is 370 g/mol. The van der Waals surface area contributed by atoms with Crippen LogP contribution in [-0.4, -0.2) is 36.6 Å². The van der Waals surface area contributed by atoms with Gasteiger partial charge in [0.05, 0.1) is 13.2 Å². The van der Waals surface area contributed by atoms with E-state index in [0.29, 0.717) is 18.1 Å². The lowest BCUT2D eigenvalue weighted by Crippen LogP contribution is -2.42. The fraction of sp³-hybridized carbons (Fsp3) is 0.300. The highest BCUT2D eigenvalue weighted by Crippen LogP contribution is 2.31. The van der Waals surface area contributed by atoms with E-state index in [1.165, 1.54) is 6.92 Å². The molecule has 3 amide bonds. The van der Waals surface area contributed by atoms with Gasteiger partial charge in [0, 0.05) is 5.56 Å². The van der Waals surface area contributed by atoms with Gasteiger partial charge in [0.1, 0.15) is 35.3 Å². The van der Waals surface area contributed by atoms with E-state index in [4.69, 9.17) is 9.47 Å². The Bertz CT molecular complexity index is 888. The summed E-state index contributed by atoms with van der Waals surface area (Å²) in [7, 11) is 0. The Balaban J connectivity index is 1.66. The van der Waals surface area contributed by atoms with Crippen molar-refractivity contribution in [1.82, 2.24) is 10.2 Å². The second-order valence-electron chi connectivity index (χ2n) is 6.39. The summed E-state index contributed by atoms with van der Waals surface area (Å²) >= 11 is 0. The van der Waals surface area contributed by atoms with Crippen molar-refractivity contribution in [3.05, 3.63) is 59.7 Å². The number of carbonyl (C=O) groups is 2. The maximum absolute atomic E-state index is 14.1. The van der Waals surface area contributed by atoms with Crippen LogP contribution in [0.4, 0.5) is 13.6 Å². The highest BCUT2D eigenvalue weighted by Gasteiger charge is 2.50. The van der Waals surface area contributed by atoms with Gasteiger partial charge in [0.15, 0.2) is 0 Å². The number of nitrogens with zero attached hydrogens (tertiary/aromatic N) is 1. The number of nitrogens with one attached hydrogen (secondary N) is 1. The van der Waals surface area contributed by atoms with Crippen LogP contribution in [0.15, 0.2) is 42.5 Å². The Labute approximate surface area is 161 Å². The lowest BCUT2D eigenvalue weighted by Gasteiger charge is -2.22. The van der Waals surface area contributed by atoms with Crippen LogP contribution < -0.4 is 14.8 Å². The standard InChI is InChI=1S/C20H20F2N2O4/c1-3-27-14-5-7-15(8-6-14)28-11-10-24-18(25)20(2,23-19(24)26)16-12-13(21)4-9-17(16)22/h4-9,12H,3,10-11H2,1-2H3,(H,23,26)/t20-/m1/s1. The first-order valence-corrected chi connectivity index (χ1v) is 8.80. The normalized spacial score (nSPS) is 18.9. The van der Waals surface area contributed by atoms with E-state index in [1.807, 2.05) is 6.92 Å². The van der Waals surface area contributed by atoms with Gasteiger partial charge in [-0.3, -0.25) is 9.69 Å². The molecule has 1 aliphatic rings. The van der Waals surface area contributed by atoms with Crippen molar-refractivity contribution >= 4 is 11.9 Å².